The Labute approximate surface area is 212 Å². The third kappa shape index (κ3) is 2.45. The number of aromatic nitrogens is 1. The monoisotopic (exact) mass is 478 g/mol. The average Bonchev–Trinajstić information content (AvgIpc) is 3.56. The van der Waals surface area contributed by atoms with Crippen molar-refractivity contribution in [2.75, 3.05) is 19.6 Å². The van der Waals surface area contributed by atoms with Gasteiger partial charge in [-0.2, -0.15) is 0 Å². The molecule has 11 rings (SSSR count). The van der Waals surface area contributed by atoms with Crippen molar-refractivity contribution in [2.45, 2.75) is 44.1 Å². The molecule has 0 radical (unpaired) electrons. The van der Waals surface area contributed by atoms with Crippen molar-refractivity contribution in [3.05, 3.63) is 81.9 Å². The maximum atomic E-state index is 11.5. The topological polar surface area (TPSA) is 48.6 Å². The predicted octanol–water partition coefficient (Wildman–Crippen LogP) is 5.50. The molecule has 2 aromatic carbocycles. The highest BCUT2D eigenvalue weighted by Gasteiger charge is 2.62. The molecule has 6 unspecified atom stereocenters. The number of nitrogens with zero attached hydrogens (tertiary/aromatic N) is 2. The molecule has 184 valence electrons. The van der Waals surface area contributed by atoms with Crippen LogP contribution in [0.15, 0.2) is 48.5 Å². The molecule has 0 spiro atoms. The molecule has 6 atom stereocenters. The predicted molar refractivity (Wildman–Crippen MR) is 138 cm³/mol. The summed E-state index contributed by atoms with van der Waals surface area (Å²) in [4.78, 5) is 2.71. The van der Waals surface area contributed by atoms with E-state index in [2.05, 4.69) is 53.4 Å². The number of rotatable bonds is 4. The van der Waals surface area contributed by atoms with E-state index in [1.165, 1.54) is 54.6 Å². The minimum absolute atomic E-state index is 0.00633. The summed E-state index contributed by atoms with van der Waals surface area (Å²) in [6.07, 6.45) is 5.48. The molecule has 1 saturated heterocycles. The Hall–Kier alpha value is -2.72. The van der Waals surface area contributed by atoms with E-state index in [0.29, 0.717) is 6.54 Å². The van der Waals surface area contributed by atoms with Crippen LogP contribution in [0.4, 0.5) is 0 Å². The normalized spacial score (nSPS) is 36.2. The van der Waals surface area contributed by atoms with Crippen molar-refractivity contribution in [3.63, 3.8) is 0 Å². The van der Waals surface area contributed by atoms with Crippen LogP contribution in [0, 0.1) is 35.5 Å². The van der Waals surface area contributed by atoms with Crippen LogP contribution in [0.2, 0.25) is 0 Å². The number of hydrogen-bond donors (Lipinski definition) is 2. The van der Waals surface area contributed by atoms with Gasteiger partial charge in [-0.25, -0.2) is 0 Å². The van der Waals surface area contributed by atoms with Crippen LogP contribution >= 0.6 is 0 Å². The van der Waals surface area contributed by atoms with Crippen molar-refractivity contribution in [1.29, 1.82) is 0 Å². The molecule has 2 N–H and O–H groups in total. The summed E-state index contributed by atoms with van der Waals surface area (Å²) >= 11 is 0. The van der Waals surface area contributed by atoms with Crippen molar-refractivity contribution >= 4 is 0 Å². The second-order valence-corrected chi connectivity index (χ2v) is 12.7. The minimum atomic E-state index is -0.00633. The maximum Gasteiger partial charge on any atom is 0.198 e. The van der Waals surface area contributed by atoms with Crippen molar-refractivity contribution in [1.82, 2.24) is 9.47 Å². The number of hydrogen-bond acceptors (Lipinski definition) is 3. The number of benzene rings is 2. The first-order valence-corrected chi connectivity index (χ1v) is 14.2. The first-order valence-electron chi connectivity index (χ1n) is 14.2. The molecule has 4 nitrogen and oxygen atoms in total. The molecule has 2 heterocycles. The molecule has 4 saturated carbocycles. The summed E-state index contributed by atoms with van der Waals surface area (Å²) in [5, 5.41) is 23.0. The summed E-state index contributed by atoms with van der Waals surface area (Å²) in [6, 6.07) is 17.2. The van der Waals surface area contributed by atoms with Gasteiger partial charge in [0.1, 0.15) is 0 Å². The first kappa shape index (κ1) is 20.4. The van der Waals surface area contributed by atoms with Gasteiger partial charge in [-0.3, -0.25) is 4.57 Å². The quantitative estimate of drug-likeness (QED) is 0.359. The highest BCUT2D eigenvalue weighted by Crippen LogP contribution is 2.67. The second kappa shape index (κ2) is 6.98. The maximum absolute atomic E-state index is 11.5. The highest BCUT2D eigenvalue weighted by atomic mass is 16.3. The molecular weight excluding hydrogens is 444 g/mol. The fourth-order valence-electron chi connectivity index (χ4n) is 10.0. The van der Waals surface area contributed by atoms with Crippen LogP contribution in [0.1, 0.15) is 70.9 Å². The lowest BCUT2D eigenvalue weighted by Crippen LogP contribution is -2.40. The van der Waals surface area contributed by atoms with E-state index >= 15 is 0 Å². The third-order valence-corrected chi connectivity index (χ3v) is 11.4. The fraction of sp³-hybridized carbons (Fsp3) is 0.500. The van der Waals surface area contributed by atoms with Crippen LogP contribution in [0.25, 0.3) is 0 Å². The number of aromatic hydroxyl groups is 2. The van der Waals surface area contributed by atoms with E-state index in [0.717, 1.165) is 59.6 Å². The number of likely N-dealkylation sites (tertiary alicyclic amines) is 1. The van der Waals surface area contributed by atoms with E-state index in [-0.39, 0.29) is 23.6 Å². The standard InChI is InChI=1S/C32H34N2O2/c35-31-29-27-19-6-1-2-7-20(19)28(22-9-4-3-8-21(22)27)30(29)32(36)34(31)13-5-12-33-15-25-17-10-11-18(26(25)16-33)24-14-23(17)24/h1-4,6-9,17-18,23-28,35-36H,5,10-16H2. The lowest BCUT2D eigenvalue weighted by atomic mass is 9.60. The van der Waals surface area contributed by atoms with E-state index in [9.17, 15) is 10.2 Å². The van der Waals surface area contributed by atoms with Gasteiger partial charge in [0.15, 0.2) is 11.8 Å². The Bertz CT molecular complexity index is 1260. The summed E-state index contributed by atoms with van der Waals surface area (Å²) in [5.74, 6) is 6.60. The fourth-order valence-corrected chi connectivity index (χ4v) is 10.0. The van der Waals surface area contributed by atoms with Gasteiger partial charge in [-0.05, 0) is 90.0 Å². The van der Waals surface area contributed by atoms with Gasteiger partial charge in [0, 0.05) is 42.6 Å². The van der Waals surface area contributed by atoms with Crippen LogP contribution in [-0.4, -0.2) is 39.3 Å². The zero-order valence-corrected chi connectivity index (χ0v) is 20.7. The SMILES string of the molecule is Oc1c2c(c(O)n1CCCN1CC3C4CCC(C5CC45)C3C1)C1c3ccccc3C2c2ccccc21. The molecule has 3 aromatic rings. The molecule has 1 aliphatic heterocycles. The molecule has 8 aliphatic rings. The van der Waals surface area contributed by atoms with Crippen molar-refractivity contribution < 1.29 is 10.2 Å². The van der Waals surface area contributed by atoms with E-state index in [1.807, 2.05) is 4.57 Å². The Balaban J connectivity index is 0.997. The highest BCUT2D eigenvalue weighted by molar-refractivity contribution is 5.72. The zero-order valence-electron chi connectivity index (χ0n) is 20.7. The Kier molecular flexibility index (Phi) is 3.94. The minimum Gasteiger partial charge on any atom is -0.494 e. The summed E-state index contributed by atoms with van der Waals surface area (Å²) in [5.41, 5.74) is 6.94. The van der Waals surface area contributed by atoms with Crippen molar-refractivity contribution in [2.24, 2.45) is 35.5 Å². The lowest BCUT2D eigenvalue weighted by molar-refractivity contribution is 0.0464. The van der Waals surface area contributed by atoms with Gasteiger partial charge in [0.05, 0.1) is 0 Å². The molecule has 36 heavy (non-hydrogen) atoms. The van der Waals surface area contributed by atoms with Gasteiger partial charge >= 0.3 is 0 Å². The summed E-state index contributed by atoms with van der Waals surface area (Å²) < 4.78 is 1.81. The third-order valence-electron chi connectivity index (χ3n) is 11.4. The molecule has 4 bridgehead atoms. The van der Waals surface area contributed by atoms with Crippen LogP contribution in [0.3, 0.4) is 0 Å². The molecule has 1 aromatic heterocycles. The Morgan fingerprint density at radius 3 is 1.56 bits per heavy atom. The molecule has 0 amide bonds. The van der Waals surface area contributed by atoms with Gasteiger partial charge in [-0.1, -0.05) is 48.5 Å². The van der Waals surface area contributed by atoms with Crippen LogP contribution < -0.4 is 0 Å². The van der Waals surface area contributed by atoms with Gasteiger partial charge in [-0.15, -0.1) is 0 Å². The molecule has 4 heteroatoms. The van der Waals surface area contributed by atoms with Crippen molar-refractivity contribution in [3.8, 4) is 11.8 Å². The second-order valence-electron chi connectivity index (χ2n) is 12.7. The first-order chi connectivity index (χ1) is 17.7. The Morgan fingerprint density at radius 1 is 0.611 bits per heavy atom. The molecule has 7 aliphatic carbocycles. The lowest BCUT2D eigenvalue weighted by Gasteiger charge is -2.44. The van der Waals surface area contributed by atoms with E-state index < -0.39 is 0 Å². The van der Waals surface area contributed by atoms with Gasteiger partial charge in [0.2, 0.25) is 0 Å². The van der Waals surface area contributed by atoms with Gasteiger partial charge in [0.25, 0.3) is 0 Å². The summed E-state index contributed by atoms with van der Waals surface area (Å²) in [6.45, 7) is 4.30. The largest absolute Gasteiger partial charge is 0.494 e. The Morgan fingerprint density at radius 2 is 1.08 bits per heavy atom. The molecule has 5 fully saturated rings. The molecular formula is C32H34N2O2. The average molecular weight is 479 g/mol. The van der Waals surface area contributed by atoms with Gasteiger partial charge < -0.3 is 15.1 Å². The zero-order chi connectivity index (χ0) is 23.7. The van der Waals surface area contributed by atoms with E-state index in [1.54, 1.807) is 0 Å². The number of fused-ring (bicyclic) bond motifs is 1. The van der Waals surface area contributed by atoms with Crippen LogP contribution in [-0.2, 0) is 6.54 Å². The van der Waals surface area contributed by atoms with E-state index in [4.69, 9.17) is 0 Å². The smallest absolute Gasteiger partial charge is 0.198 e. The van der Waals surface area contributed by atoms with Crippen LogP contribution in [0.5, 0.6) is 11.8 Å². The summed E-state index contributed by atoms with van der Waals surface area (Å²) in [7, 11) is 0.